The van der Waals surface area contributed by atoms with Gasteiger partial charge in [-0.25, -0.2) is 4.98 Å². The van der Waals surface area contributed by atoms with E-state index in [-0.39, 0.29) is 5.41 Å². The van der Waals surface area contributed by atoms with Gasteiger partial charge >= 0.3 is 0 Å². The quantitative estimate of drug-likeness (QED) is 0.182. The lowest BCUT2D eigenvalue weighted by atomic mass is 9.77. The Kier molecular flexibility index (Phi) is 6.84. The molecule has 4 heteroatoms. The van der Waals surface area contributed by atoms with Crippen molar-refractivity contribution in [1.82, 2.24) is 9.55 Å². The molecule has 1 aliphatic rings. The van der Waals surface area contributed by atoms with Crippen LogP contribution in [-0.4, -0.2) is 16.2 Å². The van der Waals surface area contributed by atoms with Gasteiger partial charge in [-0.15, -0.1) is 0 Å². The predicted octanol–water partition coefficient (Wildman–Crippen LogP) is 11.4. The van der Waals surface area contributed by atoms with E-state index < -0.39 is 0 Å². The molecular formula is C45H36N4. The first-order chi connectivity index (χ1) is 24.1. The number of hydrogen-bond donors (Lipinski definition) is 0. The number of pyridine rings is 1. The molecule has 1 aliphatic heterocycles. The molecule has 0 spiro atoms. The highest BCUT2D eigenvalue weighted by Crippen LogP contribution is 2.46. The number of anilines is 4. The van der Waals surface area contributed by atoms with Gasteiger partial charge in [-0.3, -0.25) is 4.57 Å². The summed E-state index contributed by atoms with van der Waals surface area (Å²) in [5.41, 5.74) is 11.7. The molecule has 2 aromatic heterocycles. The zero-order chi connectivity index (χ0) is 33.0. The molecule has 0 radical (unpaired) electrons. The van der Waals surface area contributed by atoms with Crippen LogP contribution in [0, 0.1) is 0 Å². The van der Waals surface area contributed by atoms with Crippen LogP contribution in [0.1, 0.15) is 25.0 Å². The van der Waals surface area contributed by atoms with Crippen molar-refractivity contribution in [1.29, 1.82) is 0 Å². The summed E-state index contributed by atoms with van der Waals surface area (Å²) in [6.45, 7) is 5.44. The molecule has 0 fully saturated rings. The fourth-order valence-electron chi connectivity index (χ4n) is 7.45. The van der Waals surface area contributed by atoms with Gasteiger partial charge in [0, 0.05) is 33.8 Å². The standard InChI is InChI=1S/C45H36N4/c1-45(2,34-24-25-39-38-19-9-10-20-40(38)49(43(39)30-34)44-23-13-14-26-46-44)35-27-33(32-15-5-3-6-16-32)28-37(29-35)48-31-47(36-17-7-4-8-18-36)41-21-11-12-22-42(41)48/h3-30H,31H2,1-2H3. The van der Waals surface area contributed by atoms with Crippen LogP contribution in [0.2, 0.25) is 0 Å². The maximum absolute atomic E-state index is 4.77. The van der Waals surface area contributed by atoms with Crippen LogP contribution in [0.4, 0.5) is 22.7 Å². The Morgan fingerprint density at radius 1 is 0.490 bits per heavy atom. The maximum atomic E-state index is 4.77. The SMILES string of the molecule is CC(C)(c1cc(-c2ccccc2)cc(N2CN(c3ccccc3)c3ccccc32)c1)c1ccc2c3ccccc3n(-c3ccccn3)c2c1. The topological polar surface area (TPSA) is 24.3 Å². The van der Waals surface area contributed by atoms with Gasteiger partial charge in [-0.2, -0.15) is 0 Å². The van der Waals surface area contributed by atoms with Gasteiger partial charge in [0.1, 0.15) is 12.5 Å². The fourth-order valence-corrected chi connectivity index (χ4v) is 7.45. The maximum Gasteiger partial charge on any atom is 0.137 e. The molecule has 0 saturated heterocycles. The van der Waals surface area contributed by atoms with E-state index in [9.17, 15) is 0 Å². The molecule has 236 valence electrons. The Morgan fingerprint density at radius 3 is 1.90 bits per heavy atom. The molecule has 0 atom stereocenters. The monoisotopic (exact) mass is 632 g/mol. The van der Waals surface area contributed by atoms with Crippen molar-refractivity contribution in [2.75, 3.05) is 16.5 Å². The van der Waals surface area contributed by atoms with E-state index in [0.717, 1.165) is 23.5 Å². The molecule has 9 rings (SSSR count). The van der Waals surface area contributed by atoms with Crippen molar-refractivity contribution in [3.63, 3.8) is 0 Å². The summed E-state index contributed by atoms with van der Waals surface area (Å²) in [7, 11) is 0. The van der Waals surface area contributed by atoms with Crippen LogP contribution in [0.25, 0.3) is 38.8 Å². The molecule has 3 heterocycles. The number of hydrogen-bond acceptors (Lipinski definition) is 3. The van der Waals surface area contributed by atoms with Crippen molar-refractivity contribution >= 4 is 44.6 Å². The van der Waals surface area contributed by atoms with E-state index in [1.54, 1.807) is 0 Å². The summed E-state index contributed by atoms with van der Waals surface area (Å²) in [4.78, 5) is 9.63. The minimum absolute atomic E-state index is 0.308. The average Bonchev–Trinajstić information content (AvgIpc) is 3.72. The van der Waals surface area contributed by atoms with E-state index in [1.165, 1.54) is 55.8 Å². The molecule has 0 N–H and O–H groups in total. The molecule has 0 bridgehead atoms. The van der Waals surface area contributed by atoms with Crippen LogP contribution in [-0.2, 0) is 5.41 Å². The number of para-hydroxylation sites is 4. The average molecular weight is 633 g/mol. The van der Waals surface area contributed by atoms with Crippen LogP contribution < -0.4 is 9.80 Å². The lowest BCUT2D eigenvalue weighted by molar-refractivity contribution is 0.641. The second kappa shape index (κ2) is 11.5. The van der Waals surface area contributed by atoms with Crippen LogP contribution >= 0.6 is 0 Å². The third kappa shape index (κ3) is 4.87. The van der Waals surface area contributed by atoms with Crippen molar-refractivity contribution in [3.8, 4) is 16.9 Å². The number of aromatic nitrogens is 2. The molecule has 0 aliphatic carbocycles. The Morgan fingerprint density at radius 2 is 1.14 bits per heavy atom. The van der Waals surface area contributed by atoms with E-state index in [0.29, 0.717) is 0 Å². The first kappa shape index (κ1) is 29.0. The second-order valence-corrected chi connectivity index (χ2v) is 13.4. The Hall–Kier alpha value is -6.13. The molecular weight excluding hydrogens is 597 g/mol. The van der Waals surface area contributed by atoms with Crippen LogP contribution in [0.3, 0.4) is 0 Å². The largest absolute Gasteiger partial charge is 0.321 e. The number of benzene rings is 6. The summed E-state index contributed by atoms with van der Waals surface area (Å²) in [5, 5.41) is 2.46. The molecule has 8 aromatic rings. The lowest BCUT2D eigenvalue weighted by Gasteiger charge is -2.30. The zero-order valence-electron chi connectivity index (χ0n) is 27.7. The predicted molar refractivity (Wildman–Crippen MR) is 205 cm³/mol. The van der Waals surface area contributed by atoms with Gasteiger partial charge in [-0.05, 0) is 82.9 Å². The third-order valence-corrected chi connectivity index (χ3v) is 10.1. The van der Waals surface area contributed by atoms with E-state index >= 15 is 0 Å². The smallest absolute Gasteiger partial charge is 0.137 e. The molecule has 0 unspecified atom stereocenters. The van der Waals surface area contributed by atoms with Crippen molar-refractivity contribution in [2.45, 2.75) is 19.3 Å². The van der Waals surface area contributed by atoms with Crippen LogP contribution in [0.5, 0.6) is 0 Å². The first-order valence-electron chi connectivity index (χ1n) is 16.9. The molecule has 6 aromatic carbocycles. The number of nitrogens with zero attached hydrogens (tertiary/aromatic N) is 4. The molecule has 0 amide bonds. The van der Waals surface area contributed by atoms with Gasteiger partial charge in [-0.1, -0.05) is 117 Å². The molecule has 0 saturated carbocycles. The van der Waals surface area contributed by atoms with Gasteiger partial charge in [0.2, 0.25) is 0 Å². The van der Waals surface area contributed by atoms with Gasteiger partial charge in [0.15, 0.2) is 0 Å². The van der Waals surface area contributed by atoms with E-state index in [2.05, 4.69) is 186 Å². The second-order valence-electron chi connectivity index (χ2n) is 13.4. The fraction of sp³-hybridized carbons (Fsp3) is 0.0889. The molecule has 49 heavy (non-hydrogen) atoms. The summed E-state index contributed by atoms with van der Waals surface area (Å²) in [5.74, 6) is 0.924. The lowest BCUT2D eigenvalue weighted by Crippen LogP contribution is -2.25. The van der Waals surface area contributed by atoms with Gasteiger partial charge in [0.25, 0.3) is 0 Å². The highest BCUT2D eigenvalue weighted by Gasteiger charge is 2.31. The van der Waals surface area contributed by atoms with Crippen molar-refractivity contribution in [3.05, 3.63) is 181 Å². The Bertz CT molecular complexity index is 2450. The van der Waals surface area contributed by atoms with Crippen LogP contribution in [0.15, 0.2) is 170 Å². The minimum atomic E-state index is -0.308. The van der Waals surface area contributed by atoms with E-state index in [1.807, 2.05) is 12.3 Å². The summed E-state index contributed by atoms with van der Waals surface area (Å²) >= 11 is 0. The minimum Gasteiger partial charge on any atom is -0.321 e. The van der Waals surface area contributed by atoms with E-state index in [4.69, 9.17) is 4.98 Å². The highest BCUT2D eigenvalue weighted by molar-refractivity contribution is 6.09. The summed E-state index contributed by atoms with van der Waals surface area (Å²) in [6.07, 6.45) is 1.87. The van der Waals surface area contributed by atoms with Gasteiger partial charge in [0.05, 0.1) is 22.4 Å². The molecule has 4 nitrogen and oxygen atoms in total. The van der Waals surface area contributed by atoms with Gasteiger partial charge < -0.3 is 9.80 Å². The Labute approximate surface area is 287 Å². The number of rotatable bonds is 6. The Balaban J connectivity index is 1.21. The zero-order valence-corrected chi connectivity index (χ0v) is 27.7. The number of fused-ring (bicyclic) bond motifs is 4. The van der Waals surface area contributed by atoms with Crippen molar-refractivity contribution in [2.24, 2.45) is 0 Å². The summed E-state index contributed by atoms with van der Waals surface area (Å²) < 4.78 is 2.30. The first-order valence-corrected chi connectivity index (χ1v) is 16.9. The normalized spacial score (nSPS) is 12.9. The van der Waals surface area contributed by atoms with Crippen molar-refractivity contribution < 1.29 is 0 Å². The highest BCUT2D eigenvalue weighted by atomic mass is 15.4. The summed E-state index contributed by atoms with van der Waals surface area (Å²) in [6, 6.07) is 59.0. The third-order valence-electron chi connectivity index (χ3n) is 10.1.